The number of benzene rings is 1. The van der Waals surface area contributed by atoms with E-state index in [1.54, 1.807) is 7.11 Å². The van der Waals surface area contributed by atoms with Crippen LogP contribution in [0, 0.1) is 6.92 Å². The summed E-state index contributed by atoms with van der Waals surface area (Å²) < 4.78 is 5.09. The minimum absolute atomic E-state index is 0.222. The van der Waals surface area contributed by atoms with Crippen molar-refractivity contribution in [2.24, 2.45) is 5.73 Å². The molecule has 0 saturated heterocycles. The molecule has 102 valence electrons. The van der Waals surface area contributed by atoms with Crippen molar-refractivity contribution < 1.29 is 4.74 Å². The number of nitrogens with two attached hydrogens (primary N) is 1. The molecule has 0 aliphatic carbocycles. The second-order valence-corrected chi connectivity index (χ2v) is 5.87. The number of thioether (sulfide) groups is 1. The van der Waals surface area contributed by atoms with Gasteiger partial charge in [0.2, 0.25) is 0 Å². The standard InChI is InChI=1S/C15H25NOS/c1-4-14(16)15(18-11-5-10-17-3)13-8-6-12(2)7-9-13/h6-9,14-15H,4-5,10-11,16H2,1-3H3. The van der Waals surface area contributed by atoms with E-state index in [0.29, 0.717) is 5.25 Å². The van der Waals surface area contributed by atoms with Crippen molar-refractivity contribution in [2.75, 3.05) is 19.5 Å². The number of hydrogen-bond donors (Lipinski definition) is 1. The molecule has 0 heterocycles. The van der Waals surface area contributed by atoms with Crippen LogP contribution < -0.4 is 5.73 Å². The molecule has 2 N–H and O–H groups in total. The first-order valence-electron chi connectivity index (χ1n) is 6.61. The first kappa shape index (κ1) is 15.5. The van der Waals surface area contributed by atoms with E-state index in [1.165, 1.54) is 11.1 Å². The Balaban J connectivity index is 2.63. The molecule has 18 heavy (non-hydrogen) atoms. The Morgan fingerprint density at radius 2 is 1.94 bits per heavy atom. The van der Waals surface area contributed by atoms with Crippen LogP contribution in [-0.4, -0.2) is 25.5 Å². The molecule has 0 spiro atoms. The maximum Gasteiger partial charge on any atom is 0.0470 e. The Labute approximate surface area is 115 Å². The molecule has 0 aromatic heterocycles. The van der Waals surface area contributed by atoms with Crippen molar-refractivity contribution in [1.29, 1.82) is 0 Å². The molecule has 2 atom stereocenters. The summed E-state index contributed by atoms with van der Waals surface area (Å²) in [5, 5.41) is 0.396. The minimum atomic E-state index is 0.222. The molecule has 1 rings (SSSR count). The zero-order valence-corrected chi connectivity index (χ0v) is 12.5. The maximum absolute atomic E-state index is 6.25. The van der Waals surface area contributed by atoms with Crippen molar-refractivity contribution in [3.8, 4) is 0 Å². The molecule has 0 aliphatic rings. The van der Waals surface area contributed by atoms with Crippen LogP contribution in [0.15, 0.2) is 24.3 Å². The number of methoxy groups -OCH3 is 1. The fourth-order valence-electron chi connectivity index (χ4n) is 1.85. The highest BCUT2D eigenvalue weighted by molar-refractivity contribution is 7.99. The van der Waals surface area contributed by atoms with Gasteiger partial charge in [0.1, 0.15) is 0 Å². The van der Waals surface area contributed by atoms with Crippen LogP contribution in [0.2, 0.25) is 0 Å². The summed E-state index contributed by atoms with van der Waals surface area (Å²) in [7, 11) is 1.75. The minimum Gasteiger partial charge on any atom is -0.385 e. The monoisotopic (exact) mass is 267 g/mol. The predicted octanol–water partition coefficient (Wildman–Crippen LogP) is 3.54. The normalized spacial score (nSPS) is 14.4. The molecular formula is C15H25NOS. The SMILES string of the molecule is CCC(N)C(SCCCOC)c1ccc(C)cc1. The average Bonchev–Trinajstić information content (AvgIpc) is 2.39. The van der Waals surface area contributed by atoms with Crippen LogP contribution in [0.3, 0.4) is 0 Å². The fraction of sp³-hybridized carbons (Fsp3) is 0.600. The molecule has 0 aliphatic heterocycles. The summed E-state index contributed by atoms with van der Waals surface area (Å²) in [4.78, 5) is 0. The first-order valence-corrected chi connectivity index (χ1v) is 7.66. The molecule has 0 radical (unpaired) electrons. The summed E-state index contributed by atoms with van der Waals surface area (Å²) >= 11 is 1.95. The van der Waals surface area contributed by atoms with E-state index in [4.69, 9.17) is 10.5 Å². The van der Waals surface area contributed by atoms with Crippen molar-refractivity contribution >= 4 is 11.8 Å². The molecule has 0 saturated carbocycles. The van der Waals surface area contributed by atoms with Crippen molar-refractivity contribution in [3.05, 3.63) is 35.4 Å². The first-order chi connectivity index (χ1) is 8.69. The van der Waals surface area contributed by atoms with Crippen LogP contribution in [0.1, 0.15) is 36.1 Å². The van der Waals surface area contributed by atoms with Gasteiger partial charge in [-0.1, -0.05) is 36.8 Å². The largest absolute Gasteiger partial charge is 0.385 e. The highest BCUT2D eigenvalue weighted by Crippen LogP contribution is 2.33. The van der Waals surface area contributed by atoms with Gasteiger partial charge in [-0.2, -0.15) is 11.8 Å². The Bertz CT molecular complexity index is 326. The Morgan fingerprint density at radius 3 is 2.50 bits per heavy atom. The van der Waals surface area contributed by atoms with Crippen LogP contribution >= 0.6 is 11.8 Å². The van der Waals surface area contributed by atoms with Gasteiger partial charge in [-0.3, -0.25) is 0 Å². The zero-order valence-electron chi connectivity index (χ0n) is 11.7. The van der Waals surface area contributed by atoms with Gasteiger partial charge in [0, 0.05) is 25.0 Å². The summed E-state index contributed by atoms with van der Waals surface area (Å²) in [5.41, 5.74) is 8.89. The van der Waals surface area contributed by atoms with Gasteiger partial charge in [0.15, 0.2) is 0 Å². The molecule has 2 unspecified atom stereocenters. The number of ether oxygens (including phenoxy) is 1. The topological polar surface area (TPSA) is 35.2 Å². The molecule has 0 fully saturated rings. The third-order valence-electron chi connectivity index (χ3n) is 3.06. The van der Waals surface area contributed by atoms with Gasteiger partial charge in [-0.05, 0) is 31.1 Å². The van der Waals surface area contributed by atoms with E-state index in [9.17, 15) is 0 Å². The smallest absolute Gasteiger partial charge is 0.0470 e. The summed E-state index contributed by atoms with van der Waals surface area (Å²) in [6.07, 6.45) is 2.09. The van der Waals surface area contributed by atoms with Gasteiger partial charge in [-0.25, -0.2) is 0 Å². The van der Waals surface area contributed by atoms with Crippen molar-refractivity contribution in [1.82, 2.24) is 0 Å². The fourth-order valence-corrected chi connectivity index (χ4v) is 3.18. The molecule has 3 heteroatoms. The molecule has 1 aromatic rings. The van der Waals surface area contributed by atoms with Gasteiger partial charge in [0.25, 0.3) is 0 Å². The molecule has 0 amide bonds. The summed E-state index contributed by atoms with van der Waals surface area (Å²) in [6.45, 7) is 5.10. The van der Waals surface area contributed by atoms with E-state index < -0.39 is 0 Å². The predicted molar refractivity (Wildman–Crippen MR) is 81.1 cm³/mol. The van der Waals surface area contributed by atoms with Crippen molar-refractivity contribution in [3.63, 3.8) is 0 Å². The molecule has 1 aromatic carbocycles. The Kier molecular flexibility index (Phi) is 7.40. The quantitative estimate of drug-likeness (QED) is 0.732. The Morgan fingerprint density at radius 1 is 1.28 bits per heavy atom. The molecular weight excluding hydrogens is 242 g/mol. The lowest BCUT2D eigenvalue weighted by Crippen LogP contribution is -2.26. The van der Waals surface area contributed by atoms with Crippen LogP contribution in [-0.2, 0) is 4.74 Å². The summed E-state index contributed by atoms with van der Waals surface area (Å²) in [6, 6.07) is 8.97. The van der Waals surface area contributed by atoms with Gasteiger partial charge >= 0.3 is 0 Å². The van der Waals surface area contributed by atoms with Crippen LogP contribution in [0.25, 0.3) is 0 Å². The third kappa shape index (κ3) is 5.01. The van der Waals surface area contributed by atoms with E-state index in [-0.39, 0.29) is 6.04 Å². The molecule has 0 bridgehead atoms. The maximum atomic E-state index is 6.25. The number of rotatable bonds is 8. The zero-order chi connectivity index (χ0) is 13.4. The lowest BCUT2D eigenvalue weighted by molar-refractivity contribution is 0.200. The van der Waals surface area contributed by atoms with Crippen LogP contribution in [0.4, 0.5) is 0 Å². The van der Waals surface area contributed by atoms with E-state index in [0.717, 1.165) is 25.2 Å². The van der Waals surface area contributed by atoms with Gasteiger partial charge in [0.05, 0.1) is 0 Å². The second-order valence-electron chi connectivity index (χ2n) is 4.62. The highest BCUT2D eigenvalue weighted by Gasteiger charge is 2.18. The third-order valence-corrected chi connectivity index (χ3v) is 4.56. The number of hydrogen-bond acceptors (Lipinski definition) is 3. The van der Waals surface area contributed by atoms with Gasteiger partial charge < -0.3 is 10.5 Å². The lowest BCUT2D eigenvalue weighted by atomic mass is 10.0. The number of aryl methyl sites for hydroxylation is 1. The van der Waals surface area contributed by atoms with E-state index >= 15 is 0 Å². The van der Waals surface area contributed by atoms with Crippen LogP contribution in [0.5, 0.6) is 0 Å². The van der Waals surface area contributed by atoms with Gasteiger partial charge in [-0.15, -0.1) is 0 Å². The highest BCUT2D eigenvalue weighted by atomic mass is 32.2. The second kappa shape index (κ2) is 8.57. The Hall–Kier alpha value is -0.510. The average molecular weight is 267 g/mol. The van der Waals surface area contributed by atoms with E-state index in [1.807, 2.05) is 11.8 Å². The summed E-state index contributed by atoms with van der Waals surface area (Å²) in [5.74, 6) is 1.10. The van der Waals surface area contributed by atoms with Crippen molar-refractivity contribution in [2.45, 2.75) is 38.0 Å². The lowest BCUT2D eigenvalue weighted by Gasteiger charge is -2.23. The molecule has 2 nitrogen and oxygen atoms in total. The van der Waals surface area contributed by atoms with E-state index in [2.05, 4.69) is 38.1 Å².